The molecule has 0 aromatic carbocycles. The quantitative estimate of drug-likeness (QED) is 0.335. The smallest absolute Gasteiger partial charge is 0.315 e. The molecule has 0 heterocycles. The van der Waals surface area contributed by atoms with E-state index in [1.54, 1.807) is 6.92 Å². The van der Waals surface area contributed by atoms with Crippen molar-refractivity contribution in [3.05, 3.63) is 0 Å². The second-order valence-electron chi connectivity index (χ2n) is 1.49. The number of hydrogen-bond acceptors (Lipinski definition) is 4. The first-order valence-corrected chi connectivity index (χ1v) is 4.13. The van der Waals surface area contributed by atoms with Gasteiger partial charge in [0.2, 0.25) is 0 Å². The van der Waals surface area contributed by atoms with Gasteiger partial charge in [-0.3, -0.25) is 4.79 Å². The minimum Gasteiger partial charge on any atom is -0.465 e. The van der Waals surface area contributed by atoms with Crippen LogP contribution in [0.4, 0.5) is 0 Å². The molecule has 10 heavy (non-hydrogen) atoms. The van der Waals surface area contributed by atoms with Crippen LogP contribution in [0.15, 0.2) is 0 Å². The van der Waals surface area contributed by atoms with Gasteiger partial charge in [-0.25, -0.2) is 0 Å². The van der Waals surface area contributed by atoms with Crippen LogP contribution in [0.2, 0.25) is 0 Å². The van der Waals surface area contributed by atoms with Crippen LogP contribution in [0.25, 0.3) is 0 Å². The first kappa shape index (κ1) is 9.49. The van der Waals surface area contributed by atoms with Gasteiger partial charge in [0.25, 0.3) is 0 Å². The highest BCUT2D eigenvalue weighted by Gasteiger charge is 1.99. The van der Waals surface area contributed by atoms with Crippen LogP contribution in [0.3, 0.4) is 0 Å². The Morgan fingerprint density at radius 3 is 2.90 bits per heavy atom. The fourth-order valence-electron chi connectivity index (χ4n) is 0.393. The maximum atomic E-state index is 10.6. The van der Waals surface area contributed by atoms with Gasteiger partial charge in [0.05, 0.1) is 12.4 Å². The Morgan fingerprint density at radius 2 is 2.40 bits per heavy atom. The molecule has 0 atom stereocenters. The SMILES string of the molecule is CCOC(=O)CSCC=O. The molecular formula is C6H10O3S. The Morgan fingerprint density at radius 1 is 1.70 bits per heavy atom. The van der Waals surface area contributed by atoms with Crippen LogP contribution in [0.5, 0.6) is 0 Å². The van der Waals surface area contributed by atoms with Gasteiger partial charge in [0.15, 0.2) is 0 Å². The molecule has 0 fully saturated rings. The highest BCUT2D eigenvalue weighted by atomic mass is 32.2. The summed E-state index contributed by atoms with van der Waals surface area (Å²) in [7, 11) is 0. The molecule has 0 rings (SSSR count). The number of carbonyl (C=O) groups excluding carboxylic acids is 2. The minimum atomic E-state index is -0.255. The van der Waals surface area contributed by atoms with Crippen molar-refractivity contribution < 1.29 is 14.3 Å². The summed E-state index contributed by atoms with van der Waals surface area (Å²) in [4.78, 5) is 20.3. The van der Waals surface area contributed by atoms with E-state index in [1.807, 2.05) is 0 Å². The molecule has 0 aliphatic rings. The zero-order valence-electron chi connectivity index (χ0n) is 5.83. The Hall–Kier alpha value is -0.510. The van der Waals surface area contributed by atoms with Crippen LogP contribution in [0.1, 0.15) is 6.92 Å². The molecule has 58 valence electrons. The molecule has 0 aliphatic heterocycles. The van der Waals surface area contributed by atoms with Gasteiger partial charge >= 0.3 is 5.97 Å². The summed E-state index contributed by atoms with van der Waals surface area (Å²) in [6.07, 6.45) is 0.768. The molecule has 0 aromatic rings. The summed E-state index contributed by atoms with van der Waals surface area (Å²) < 4.78 is 4.61. The summed E-state index contributed by atoms with van der Waals surface area (Å²) >= 11 is 1.26. The van der Waals surface area contributed by atoms with Crippen LogP contribution in [0, 0.1) is 0 Å². The van der Waals surface area contributed by atoms with Crippen molar-refractivity contribution in [2.24, 2.45) is 0 Å². The molecule has 0 unspecified atom stereocenters. The Labute approximate surface area is 64.1 Å². The predicted octanol–water partition coefficient (Wildman–Crippen LogP) is 0.482. The fourth-order valence-corrected chi connectivity index (χ4v) is 0.857. The lowest BCUT2D eigenvalue weighted by molar-refractivity contribution is -0.139. The lowest BCUT2D eigenvalue weighted by Gasteiger charge is -1.97. The normalized spacial score (nSPS) is 8.90. The number of carbonyl (C=O) groups is 2. The van der Waals surface area contributed by atoms with E-state index >= 15 is 0 Å². The summed E-state index contributed by atoms with van der Waals surface area (Å²) in [6, 6.07) is 0. The van der Waals surface area contributed by atoms with E-state index < -0.39 is 0 Å². The molecule has 0 amide bonds. The van der Waals surface area contributed by atoms with Gasteiger partial charge < -0.3 is 9.53 Å². The summed E-state index contributed by atoms with van der Waals surface area (Å²) in [5.41, 5.74) is 0. The van der Waals surface area contributed by atoms with E-state index in [4.69, 9.17) is 0 Å². The number of hydrogen-bond donors (Lipinski definition) is 0. The van der Waals surface area contributed by atoms with Crippen molar-refractivity contribution in [3.63, 3.8) is 0 Å². The van der Waals surface area contributed by atoms with Crippen LogP contribution >= 0.6 is 11.8 Å². The van der Waals surface area contributed by atoms with Gasteiger partial charge in [0.1, 0.15) is 6.29 Å². The van der Waals surface area contributed by atoms with Gasteiger partial charge in [-0.2, -0.15) is 0 Å². The molecule has 0 spiro atoms. The van der Waals surface area contributed by atoms with Crippen LogP contribution in [-0.4, -0.2) is 30.4 Å². The second kappa shape index (κ2) is 6.61. The average Bonchev–Trinajstić information content (AvgIpc) is 1.89. The first-order chi connectivity index (χ1) is 4.81. The van der Waals surface area contributed by atoms with E-state index in [0.717, 1.165) is 6.29 Å². The first-order valence-electron chi connectivity index (χ1n) is 2.98. The van der Waals surface area contributed by atoms with Crippen molar-refractivity contribution in [2.45, 2.75) is 6.92 Å². The highest BCUT2D eigenvalue weighted by Crippen LogP contribution is 1.97. The maximum absolute atomic E-state index is 10.6. The standard InChI is InChI=1S/C6H10O3S/c1-2-9-6(8)5-10-4-3-7/h3H,2,4-5H2,1H3. The van der Waals surface area contributed by atoms with Gasteiger partial charge in [-0.05, 0) is 6.92 Å². The maximum Gasteiger partial charge on any atom is 0.315 e. The molecule has 0 radical (unpaired) electrons. The van der Waals surface area contributed by atoms with E-state index in [-0.39, 0.29) is 11.7 Å². The number of esters is 1. The zero-order chi connectivity index (χ0) is 7.82. The molecule has 0 saturated heterocycles. The Kier molecular flexibility index (Phi) is 6.27. The van der Waals surface area contributed by atoms with E-state index in [9.17, 15) is 9.59 Å². The van der Waals surface area contributed by atoms with Crippen molar-refractivity contribution >= 4 is 24.0 Å². The van der Waals surface area contributed by atoms with Gasteiger partial charge in [0, 0.05) is 5.75 Å². The average molecular weight is 162 g/mol. The third kappa shape index (κ3) is 5.62. The summed E-state index contributed by atoms with van der Waals surface area (Å²) in [5.74, 6) is 0.375. The number of thioether (sulfide) groups is 1. The highest BCUT2D eigenvalue weighted by molar-refractivity contribution is 8.00. The predicted molar refractivity (Wildman–Crippen MR) is 40.0 cm³/mol. The molecule has 3 nitrogen and oxygen atoms in total. The lowest BCUT2D eigenvalue weighted by Crippen LogP contribution is -2.07. The molecular weight excluding hydrogens is 152 g/mol. The minimum absolute atomic E-state index is 0.255. The molecule has 0 aromatic heterocycles. The van der Waals surface area contributed by atoms with E-state index in [1.165, 1.54) is 11.8 Å². The summed E-state index contributed by atoms with van der Waals surface area (Å²) in [6.45, 7) is 2.16. The van der Waals surface area contributed by atoms with Crippen molar-refractivity contribution in [1.82, 2.24) is 0 Å². The van der Waals surface area contributed by atoms with Gasteiger partial charge in [-0.15, -0.1) is 11.8 Å². The topological polar surface area (TPSA) is 43.4 Å². The molecule has 0 bridgehead atoms. The van der Waals surface area contributed by atoms with E-state index in [2.05, 4.69) is 4.74 Å². The van der Waals surface area contributed by atoms with Crippen molar-refractivity contribution in [3.8, 4) is 0 Å². The largest absolute Gasteiger partial charge is 0.465 e. The van der Waals surface area contributed by atoms with Crippen LogP contribution in [-0.2, 0) is 14.3 Å². The monoisotopic (exact) mass is 162 g/mol. The summed E-state index contributed by atoms with van der Waals surface area (Å²) in [5, 5.41) is 0. The van der Waals surface area contributed by atoms with E-state index in [0.29, 0.717) is 12.4 Å². The zero-order valence-corrected chi connectivity index (χ0v) is 6.65. The second-order valence-corrected chi connectivity index (χ2v) is 2.52. The molecule has 0 N–H and O–H groups in total. The lowest BCUT2D eigenvalue weighted by atomic mass is 10.8. The van der Waals surface area contributed by atoms with Crippen molar-refractivity contribution in [2.75, 3.05) is 18.1 Å². The van der Waals surface area contributed by atoms with Gasteiger partial charge in [-0.1, -0.05) is 0 Å². The Balaban J connectivity index is 3.13. The fraction of sp³-hybridized carbons (Fsp3) is 0.667. The third-order valence-electron chi connectivity index (χ3n) is 0.711. The third-order valence-corrected chi connectivity index (χ3v) is 1.52. The number of aldehydes is 1. The van der Waals surface area contributed by atoms with Crippen LogP contribution < -0.4 is 0 Å². The molecule has 4 heteroatoms. The number of ether oxygens (including phenoxy) is 1. The number of rotatable bonds is 5. The molecule has 0 aliphatic carbocycles. The van der Waals surface area contributed by atoms with Crippen molar-refractivity contribution in [1.29, 1.82) is 0 Å². The Bertz CT molecular complexity index is 114. The molecule has 0 saturated carbocycles.